The van der Waals surface area contributed by atoms with Crippen molar-refractivity contribution < 1.29 is 19.4 Å². The molecule has 86 valence electrons. The number of aliphatic carboxylic acids is 1. The van der Waals surface area contributed by atoms with Crippen LogP contribution in [0.25, 0.3) is 0 Å². The van der Waals surface area contributed by atoms with Crippen LogP contribution in [-0.4, -0.2) is 23.7 Å². The molecule has 4 heteroatoms. The maximum atomic E-state index is 10.5. The number of carboxylic acid groups (broad SMARTS) is 1. The summed E-state index contributed by atoms with van der Waals surface area (Å²) in [6.07, 6.45) is 3.05. The Hall–Kier alpha value is -1.58. The van der Waals surface area contributed by atoms with Gasteiger partial charge in [-0.05, 0) is 5.92 Å². The van der Waals surface area contributed by atoms with Gasteiger partial charge < -0.3 is 9.84 Å². The van der Waals surface area contributed by atoms with Crippen LogP contribution in [0.1, 0.15) is 20.3 Å². The van der Waals surface area contributed by atoms with Crippen LogP contribution >= 0.6 is 0 Å². The lowest BCUT2D eigenvalue weighted by atomic mass is 10.1. The Morgan fingerprint density at radius 3 is 2.13 bits per heavy atom. The standard InChI is InChI=1S/C8H14O2.C3H4O2/c1-4-7(3)6-10-8(9)5-2;1-2-3(4)5/h5,7H,2,4,6H2,1,3H3;2H,1H2,(H,4,5). The average molecular weight is 214 g/mol. The van der Waals surface area contributed by atoms with Crippen LogP contribution in [-0.2, 0) is 14.3 Å². The first kappa shape index (κ1) is 15.9. The molecule has 1 unspecified atom stereocenters. The van der Waals surface area contributed by atoms with Crippen LogP contribution in [0.4, 0.5) is 0 Å². The summed E-state index contributed by atoms with van der Waals surface area (Å²) in [5.41, 5.74) is 0. The summed E-state index contributed by atoms with van der Waals surface area (Å²) in [6.45, 7) is 10.9. The molecule has 0 aliphatic carbocycles. The first-order chi connectivity index (χ1) is 6.97. The highest BCUT2D eigenvalue weighted by Gasteiger charge is 2.00. The van der Waals surface area contributed by atoms with Crippen molar-refractivity contribution in [1.82, 2.24) is 0 Å². The SMILES string of the molecule is C=CC(=O)O.C=CC(=O)OCC(C)CC. The normalized spacial score (nSPS) is 10.3. The van der Waals surface area contributed by atoms with E-state index in [4.69, 9.17) is 9.84 Å². The smallest absolute Gasteiger partial charge is 0.330 e. The van der Waals surface area contributed by atoms with E-state index >= 15 is 0 Å². The number of rotatable bonds is 5. The molecule has 0 aliphatic heterocycles. The number of hydrogen-bond acceptors (Lipinski definition) is 3. The molecule has 1 N–H and O–H groups in total. The summed E-state index contributed by atoms with van der Waals surface area (Å²) in [7, 11) is 0. The third-order valence-electron chi connectivity index (χ3n) is 1.55. The van der Waals surface area contributed by atoms with Crippen LogP contribution in [0.2, 0.25) is 0 Å². The zero-order chi connectivity index (χ0) is 12.3. The van der Waals surface area contributed by atoms with E-state index in [1.807, 2.05) is 6.92 Å². The predicted octanol–water partition coefficient (Wildman–Crippen LogP) is 2.02. The van der Waals surface area contributed by atoms with Crippen molar-refractivity contribution >= 4 is 11.9 Å². The van der Waals surface area contributed by atoms with Crippen molar-refractivity contribution in [2.75, 3.05) is 6.61 Å². The van der Waals surface area contributed by atoms with Gasteiger partial charge in [-0.3, -0.25) is 0 Å². The zero-order valence-electron chi connectivity index (χ0n) is 9.23. The molecular weight excluding hydrogens is 196 g/mol. The largest absolute Gasteiger partial charge is 0.478 e. The lowest BCUT2D eigenvalue weighted by Gasteiger charge is -2.06. The number of ether oxygens (including phenoxy) is 1. The maximum absolute atomic E-state index is 10.5. The minimum atomic E-state index is -0.981. The molecule has 0 aromatic carbocycles. The van der Waals surface area contributed by atoms with Crippen LogP contribution in [0.5, 0.6) is 0 Å². The van der Waals surface area contributed by atoms with Crippen molar-refractivity contribution in [3.05, 3.63) is 25.3 Å². The minimum absolute atomic E-state index is 0.333. The molecular formula is C11H18O4. The molecule has 0 aromatic rings. The van der Waals surface area contributed by atoms with Crippen molar-refractivity contribution in [2.45, 2.75) is 20.3 Å². The number of carboxylic acids is 1. The molecule has 4 nitrogen and oxygen atoms in total. The summed E-state index contributed by atoms with van der Waals surface area (Å²) in [5, 5.41) is 7.60. The fraction of sp³-hybridized carbons (Fsp3) is 0.455. The summed E-state index contributed by atoms with van der Waals surface area (Å²) in [6, 6.07) is 0. The van der Waals surface area contributed by atoms with Crippen molar-refractivity contribution in [3.63, 3.8) is 0 Å². The van der Waals surface area contributed by atoms with Gasteiger partial charge in [0, 0.05) is 12.2 Å². The van der Waals surface area contributed by atoms with Gasteiger partial charge in [0.1, 0.15) is 0 Å². The maximum Gasteiger partial charge on any atom is 0.330 e. The second kappa shape index (κ2) is 10.5. The Morgan fingerprint density at radius 1 is 1.40 bits per heavy atom. The van der Waals surface area contributed by atoms with Gasteiger partial charge in [-0.2, -0.15) is 0 Å². The molecule has 0 aliphatic rings. The van der Waals surface area contributed by atoms with E-state index in [1.54, 1.807) is 0 Å². The summed E-state index contributed by atoms with van der Waals surface area (Å²) in [5.74, 6) is -0.866. The summed E-state index contributed by atoms with van der Waals surface area (Å²) < 4.78 is 4.79. The molecule has 0 fully saturated rings. The van der Waals surface area contributed by atoms with Crippen LogP contribution in [0.15, 0.2) is 25.3 Å². The molecule has 0 spiro atoms. The van der Waals surface area contributed by atoms with Gasteiger partial charge >= 0.3 is 11.9 Å². The molecule has 1 atom stereocenters. The molecule has 0 radical (unpaired) electrons. The quantitative estimate of drug-likeness (QED) is 0.561. The van der Waals surface area contributed by atoms with E-state index in [1.165, 1.54) is 6.08 Å². The molecule has 0 aromatic heterocycles. The summed E-state index contributed by atoms with van der Waals surface area (Å²) >= 11 is 0. The van der Waals surface area contributed by atoms with Gasteiger partial charge in [0.05, 0.1) is 6.61 Å². The predicted molar refractivity (Wildman–Crippen MR) is 58.4 cm³/mol. The molecule has 0 rings (SSSR count). The van der Waals surface area contributed by atoms with E-state index in [0.717, 1.165) is 12.5 Å². The fourth-order valence-corrected chi connectivity index (χ4v) is 0.401. The Bertz CT molecular complexity index is 221. The van der Waals surface area contributed by atoms with E-state index in [-0.39, 0.29) is 5.97 Å². The second-order valence-electron chi connectivity index (χ2n) is 2.89. The first-order valence-corrected chi connectivity index (χ1v) is 4.62. The third-order valence-corrected chi connectivity index (χ3v) is 1.55. The zero-order valence-corrected chi connectivity index (χ0v) is 9.23. The second-order valence-corrected chi connectivity index (χ2v) is 2.89. The number of carbonyl (C=O) groups excluding carboxylic acids is 1. The van der Waals surface area contributed by atoms with E-state index in [9.17, 15) is 9.59 Å². The Labute approximate surface area is 90.2 Å². The molecule has 0 amide bonds. The molecule has 15 heavy (non-hydrogen) atoms. The van der Waals surface area contributed by atoms with Crippen molar-refractivity contribution in [1.29, 1.82) is 0 Å². The van der Waals surface area contributed by atoms with Crippen LogP contribution in [0.3, 0.4) is 0 Å². The van der Waals surface area contributed by atoms with E-state index in [2.05, 4.69) is 20.1 Å². The van der Waals surface area contributed by atoms with E-state index in [0.29, 0.717) is 12.5 Å². The number of carbonyl (C=O) groups is 2. The molecule has 0 saturated carbocycles. The number of esters is 1. The Morgan fingerprint density at radius 2 is 1.87 bits per heavy atom. The highest BCUT2D eigenvalue weighted by atomic mass is 16.5. The van der Waals surface area contributed by atoms with Gasteiger partial charge in [-0.1, -0.05) is 33.4 Å². The molecule has 0 bridgehead atoms. The highest BCUT2D eigenvalue weighted by Crippen LogP contribution is 2.00. The topological polar surface area (TPSA) is 63.6 Å². The van der Waals surface area contributed by atoms with Crippen LogP contribution < -0.4 is 0 Å². The number of hydrogen-bond donors (Lipinski definition) is 1. The highest BCUT2D eigenvalue weighted by molar-refractivity contribution is 5.81. The Balaban J connectivity index is 0. The molecule has 0 saturated heterocycles. The third kappa shape index (κ3) is 15.2. The van der Waals surface area contributed by atoms with Crippen LogP contribution in [0, 0.1) is 5.92 Å². The Kier molecular flexibility index (Phi) is 11.1. The van der Waals surface area contributed by atoms with Crippen molar-refractivity contribution in [3.8, 4) is 0 Å². The van der Waals surface area contributed by atoms with Gasteiger partial charge in [-0.15, -0.1) is 0 Å². The summed E-state index contributed by atoms with van der Waals surface area (Å²) in [4.78, 5) is 19.7. The van der Waals surface area contributed by atoms with Gasteiger partial charge in [-0.25, -0.2) is 9.59 Å². The minimum Gasteiger partial charge on any atom is -0.478 e. The average Bonchev–Trinajstić information content (AvgIpc) is 2.25. The van der Waals surface area contributed by atoms with Crippen molar-refractivity contribution in [2.24, 2.45) is 5.92 Å². The van der Waals surface area contributed by atoms with Gasteiger partial charge in [0.2, 0.25) is 0 Å². The van der Waals surface area contributed by atoms with Gasteiger partial charge in [0.25, 0.3) is 0 Å². The fourth-order valence-electron chi connectivity index (χ4n) is 0.401. The van der Waals surface area contributed by atoms with E-state index < -0.39 is 5.97 Å². The lowest BCUT2D eigenvalue weighted by Crippen LogP contribution is -2.08. The first-order valence-electron chi connectivity index (χ1n) is 4.62. The van der Waals surface area contributed by atoms with Gasteiger partial charge in [0.15, 0.2) is 0 Å². The lowest BCUT2D eigenvalue weighted by molar-refractivity contribution is -0.139. The monoisotopic (exact) mass is 214 g/mol. The molecule has 0 heterocycles.